The van der Waals surface area contributed by atoms with Gasteiger partial charge >= 0.3 is 0 Å². The number of nitrogens with zero attached hydrogens (tertiary/aromatic N) is 4. The molecule has 18 aromatic rings. The second-order valence-corrected chi connectivity index (χ2v) is 26.8. The number of hydrogen-bond donors (Lipinski definition) is 0. The molecule has 3 aromatic heterocycles. The minimum absolute atomic E-state index is 0.0573. The molecule has 2 aliphatic rings. The molecule has 5 heterocycles. The quantitative estimate of drug-likeness (QED) is 0.135. The van der Waals surface area contributed by atoms with Gasteiger partial charge in [-0.25, -0.2) is 0 Å². The van der Waals surface area contributed by atoms with E-state index < -0.39 is 109 Å². The summed E-state index contributed by atoms with van der Waals surface area (Å²) in [5, 5.41) is 1.49. The average molecular weight is 1290 g/mol. The molecule has 470 valence electrons. The molecule has 0 unspecified atom stereocenters. The Hall–Kier alpha value is -12.6. The maximum absolute atomic E-state index is 9.81. The first kappa shape index (κ1) is 43.5. The maximum Gasteiger partial charge on any atom is 0.252 e. The summed E-state index contributed by atoms with van der Waals surface area (Å²) in [6.45, 7) is 5.74. The number of hydrogen-bond acceptors (Lipinski definition) is 3. The summed E-state index contributed by atoms with van der Waals surface area (Å²) in [4.78, 5) is 4.49. The van der Waals surface area contributed by atoms with Gasteiger partial charge in [0.05, 0.1) is 44.0 Å². The molecule has 6 heteroatoms. The fourth-order valence-corrected chi connectivity index (χ4v) is 15.5. The Kier molecular flexibility index (Phi) is 9.78. The summed E-state index contributed by atoms with van der Waals surface area (Å²) in [5.41, 5.74) is 17.3. The van der Waals surface area contributed by atoms with Crippen LogP contribution >= 0.6 is 0 Å². The third-order valence-corrected chi connectivity index (χ3v) is 20.0. The molecule has 0 saturated carbocycles. The first-order chi connectivity index (χ1) is 55.9. The summed E-state index contributed by atoms with van der Waals surface area (Å²) in [5.74, 6) is 0. The van der Waals surface area contributed by atoms with Crippen LogP contribution in [-0.2, 0) is 5.41 Å². The molecule has 0 radical (unpaired) electrons. The van der Waals surface area contributed by atoms with Gasteiger partial charge in [0.25, 0.3) is 6.71 Å². The van der Waals surface area contributed by atoms with Crippen molar-refractivity contribution in [2.24, 2.45) is 0 Å². The molecule has 0 atom stereocenters. The molecule has 0 spiro atoms. The van der Waals surface area contributed by atoms with Gasteiger partial charge in [0.2, 0.25) is 0 Å². The van der Waals surface area contributed by atoms with E-state index in [9.17, 15) is 16.4 Å². The van der Waals surface area contributed by atoms with Crippen molar-refractivity contribution in [1.29, 1.82) is 0 Å². The number of rotatable bonds is 9. The lowest BCUT2D eigenvalue weighted by Gasteiger charge is -2.45. The topological polar surface area (TPSA) is 29.5 Å². The second-order valence-electron chi connectivity index (χ2n) is 26.8. The van der Waals surface area contributed by atoms with Crippen molar-refractivity contribution in [3.8, 4) is 67.0 Å². The normalized spacial score (nSPS) is 14.9. The lowest BCUT2D eigenvalue weighted by molar-refractivity contribution is 0.573. The molecule has 0 amide bonds. The molecule has 0 aliphatic carbocycles. The predicted octanol–water partition coefficient (Wildman–Crippen LogP) is 23.5. The number of fused-ring (bicyclic) bond motifs is 13. The van der Waals surface area contributed by atoms with Crippen LogP contribution in [0.1, 0.15) is 48.3 Å². The number of aromatic nitrogens is 2. The van der Waals surface area contributed by atoms with Gasteiger partial charge in [0.15, 0.2) is 0 Å². The third-order valence-electron chi connectivity index (χ3n) is 20.0. The van der Waals surface area contributed by atoms with Crippen LogP contribution in [0.5, 0.6) is 0 Å². The van der Waals surface area contributed by atoms with E-state index in [-0.39, 0.29) is 43.6 Å². The van der Waals surface area contributed by atoms with Crippen molar-refractivity contribution in [3.05, 3.63) is 345 Å². The van der Waals surface area contributed by atoms with Gasteiger partial charge in [0.1, 0.15) is 11.2 Å². The van der Waals surface area contributed by atoms with Crippen LogP contribution in [0.4, 0.5) is 34.1 Å². The smallest absolute Gasteiger partial charge is 0.252 e. The molecule has 0 N–H and O–H groups in total. The highest BCUT2D eigenvalue weighted by Crippen LogP contribution is 2.51. The predicted molar refractivity (Wildman–Crippen MR) is 422 cm³/mol. The van der Waals surface area contributed by atoms with Crippen molar-refractivity contribution < 1.29 is 26.3 Å². The maximum atomic E-state index is 9.81. The zero-order valence-electron chi connectivity index (χ0n) is 70.4. The Morgan fingerprint density at radius 3 is 1.06 bits per heavy atom. The lowest BCUT2D eigenvalue weighted by Crippen LogP contribution is -2.61. The summed E-state index contributed by atoms with van der Waals surface area (Å²) in [6, 6.07) is 73.7. The van der Waals surface area contributed by atoms with Crippen LogP contribution in [0.3, 0.4) is 0 Å². The average Bonchev–Trinajstić information content (AvgIpc) is 0.902. The van der Waals surface area contributed by atoms with E-state index in [1.54, 1.807) is 9.13 Å². The van der Waals surface area contributed by atoms with Crippen LogP contribution in [0.2, 0.25) is 0 Å². The van der Waals surface area contributed by atoms with E-state index >= 15 is 0 Å². The van der Waals surface area contributed by atoms with E-state index in [4.69, 9.17) is 9.90 Å². The Bertz CT molecular complexity index is 6710. The van der Waals surface area contributed by atoms with Crippen LogP contribution in [0, 0.1) is 0 Å². The monoisotopic (exact) mass is 1290 g/mol. The van der Waals surface area contributed by atoms with Crippen molar-refractivity contribution in [2.75, 3.05) is 9.80 Å². The molecular formula is C94H65BN4O. The van der Waals surface area contributed by atoms with E-state index in [0.29, 0.717) is 45.5 Å². The van der Waals surface area contributed by atoms with Gasteiger partial charge in [-0.15, -0.1) is 0 Å². The second kappa shape index (κ2) is 22.5. The molecular weight excluding hydrogens is 1210 g/mol. The highest BCUT2D eigenvalue weighted by Gasteiger charge is 2.45. The van der Waals surface area contributed by atoms with Gasteiger partial charge in [-0.2, -0.15) is 0 Å². The molecule has 0 fully saturated rings. The Morgan fingerprint density at radius 1 is 0.300 bits per heavy atom. The van der Waals surface area contributed by atoms with E-state index in [1.807, 2.05) is 127 Å². The Labute approximate surface area is 603 Å². The number of anilines is 6. The molecule has 5 nitrogen and oxygen atoms in total. The number of para-hydroxylation sites is 5. The molecule has 0 bridgehead atoms. The zero-order chi connectivity index (χ0) is 80.2. The van der Waals surface area contributed by atoms with Crippen molar-refractivity contribution >= 4 is 123 Å². The number of benzene rings is 15. The van der Waals surface area contributed by atoms with Gasteiger partial charge in [-0.3, -0.25) is 0 Å². The summed E-state index contributed by atoms with van der Waals surface area (Å²) in [6.07, 6.45) is 0. The highest BCUT2D eigenvalue weighted by molar-refractivity contribution is 7.00. The van der Waals surface area contributed by atoms with E-state index in [0.717, 1.165) is 99.5 Å². The molecule has 15 aromatic carbocycles. The summed E-state index contributed by atoms with van der Waals surface area (Å²) in [7, 11) is 0. The van der Waals surface area contributed by atoms with Crippen LogP contribution in [0.15, 0.2) is 344 Å². The van der Waals surface area contributed by atoms with Gasteiger partial charge in [-0.05, 0) is 193 Å². The van der Waals surface area contributed by atoms with Crippen molar-refractivity contribution in [3.63, 3.8) is 0 Å². The highest BCUT2D eigenvalue weighted by atomic mass is 16.3. The summed E-state index contributed by atoms with van der Waals surface area (Å²) >= 11 is 0. The van der Waals surface area contributed by atoms with Gasteiger partial charge in [0, 0.05) is 83.4 Å². The van der Waals surface area contributed by atoms with E-state index in [2.05, 4.69) is 146 Å². The summed E-state index contributed by atoms with van der Waals surface area (Å²) < 4.78 is 161. The van der Waals surface area contributed by atoms with E-state index in [1.165, 1.54) is 0 Å². The van der Waals surface area contributed by atoms with Crippen LogP contribution in [0.25, 0.3) is 133 Å². The van der Waals surface area contributed by atoms with Crippen LogP contribution in [-0.4, -0.2) is 15.8 Å². The van der Waals surface area contributed by atoms with Crippen LogP contribution < -0.4 is 26.2 Å². The Balaban J connectivity index is 0.989. The standard InChI is InChI=1S/C94H65BN4O/c1-94(2,3)80-55-68(54-79-78-38-20-25-43-91(78)100-93(79)80)69-56-89-92-90(57-69)99(73-52-66(62-30-12-6-13-31-62)49-67(53-73)63-32-14-7-15-33-63)88-59-71(97-85-41-23-18-36-76(85)77-37-19-24-42-86(77)97)45-47-82(88)95(92)81-46-44-70(96-83-39-21-16-34-74(83)75-35-17-22-40-84(75)96)58-87(81)98(89)72-50-64(60-26-8-4-9-27-60)48-65(51-72)61-28-10-5-11-29-61/h4-59H,1-3H3/i16D,17D,18D,19D,21D,22D,23D,24D,34D,35D,36D,37D,39D,40D,41D,42D. The van der Waals surface area contributed by atoms with Crippen molar-refractivity contribution in [1.82, 2.24) is 9.13 Å². The van der Waals surface area contributed by atoms with Crippen molar-refractivity contribution in [2.45, 2.75) is 26.2 Å². The molecule has 2 aliphatic heterocycles. The lowest BCUT2D eigenvalue weighted by atomic mass is 9.33. The zero-order valence-corrected chi connectivity index (χ0v) is 54.4. The first-order valence-corrected chi connectivity index (χ1v) is 33.4. The SMILES string of the molecule is [2H]c1c([2H])c([2H])c2c(c1[2H])c1c([2H])c([2H])c([2H])c([2H])c1n2-c1ccc2c(c1)N(c1cc(-c3ccccc3)cc(-c3ccccc3)c1)c1cc(-c3cc(C(C)(C)C)c4oc5ccccc5c4c3)cc3c1B2c1ccc(-n2c4c([2H])c([2H])c([2H])c([2H])c4c4c([2H])c([2H])c([2H])c([2H])c42)cc1N3c1cc(-c2ccccc2)cc(-c2ccccc2)c1. The molecule has 100 heavy (non-hydrogen) atoms. The minimum Gasteiger partial charge on any atom is -0.456 e. The Morgan fingerprint density at radius 2 is 0.660 bits per heavy atom. The number of furan rings is 1. The third kappa shape index (κ3) is 9.10. The fourth-order valence-electron chi connectivity index (χ4n) is 15.5. The fraction of sp³-hybridized carbons (Fsp3) is 0.0426. The largest absolute Gasteiger partial charge is 0.456 e. The van der Waals surface area contributed by atoms with Gasteiger partial charge < -0.3 is 23.4 Å². The molecule has 20 rings (SSSR count). The minimum atomic E-state index is -0.766. The first-order valence-electron chi connectivity index (χ1n) is 41.4. The molecule has 0 saturated heterocycles. The van der Waals surface area contributed by atoms with Gasteiger partial charge in [-0.1, -0.05) is 245 Å².